The summed E-state index contributed by atoms with van der Waals surface area (Å²) in [6.07, 6.45) is 7.08. The van der Waals surface area contributed by atoms with Crippen molar-refractivity contribution in [2.45, 2.75) is 13.5 Å². The van der Waals surface area contributed by atoms with Gasteiger partial charge in [0.1, 0.15) is 5.56 Å². The zero-order chi connectivity index (χ0) is 20.8. The van der Waals surface area contributed by atoms with Crippen molar-refractivity contribution in [1.82, 2.24) is 14.8 Å². The second-order valence-electron chi connectivity index (χ2n) is 6.66. The number of fused-ring (bicyclic) bond motifs is 1. The van der Waals surface area contributed by atoms with E-state index in [1.807, 2.05) is 72.9 Å². The Balaban J connectivity index is 1.71. The first-order valence-electron chi connectivity index (χ1n) is 9.80. The fourth-order valence-electron chi connectivity index (χ4n) is 3.17. The minimum absolute atomic E-state index is 0.300. The second-order valence-corrected chi connectivity index (χ2v) is 6.66. The number of carbonyl (C=O) groups is 1. The molecule has 0 unspecified atom stereocenters. The van der Waals surface area contributed by atoms with Gasteiger partial charge in [-0.05, 0) is 24.1 Å². The first kappa shape index (κ1) is 19.4. The summed E-state index contributed by atoms with van der Waals surface area (Å²) >= 11 is 0. The van der Waals surface area contributed by atoms with Crippen molar-refractivity contribution in [3.05, 3.63) is 89.7 Å². The monoisotopic (exact) mass is 398 g/mol. The summed E-state index contributed by atoms with van der Waals surface area (Å²) in [7, 11) is 0. The van der Waals surface area contributed by atoms with Crippen molar-refractivity contribution in [3.63, 3.8) is 0 Å². The van der Waals surface area contributed by atoms with E-state index in [0.717, 1.165) is 16.5 Å². The van der Waals surface area contributed by atoms with E-state index in [9.17, 15) is 4.79 Å². The molecule has 4 aromatic rings. The van der Waals surface area contributed by atoms with E-state index in [4.69, 9.17) is 4.74 Å². The number of hydrogen-bond donors (Lipinski definition) is 1. The highest BCUT2D eigenvalue weighted by Crippen LogP contribution is 2.27. The first-order valence-corrected chi connectivity index (χ1v) is 9.80. The summed E-state index contributed by atoms with van der Waals surface area (Å²) in [4.78, 5) is 17.0. The highest BCUT2D eigenvalue weighted by Gasteiger charge is 2.18. The Morgan fingerprint density at radius 1 is 1.07 bits per heavy atom. The summed E-state index contributed by atoms with van der Waals surface area (Å²) in [6.45, 7) is 2.65. The SMILES string of the molecule is CCOC(=O)c1cnc2c(cnn2/C=C/c2ccccc2)c1NCc1ccccc1. The topological polar surface area (TPSA) is 69.0 Å². The van der Waals surface area contributed by atoms with E-state index in [1.165, 1.54) is 0 Å². The van der Waals surface area contributed by atoms with E-state index in [-0.39, 0.29) is 0 Å². The molecule has 0 atom stereocenters. The number of hydrogen-bond acceptors (Lipinski definition) is 5. The van der Waals surface area contributed by atoms with E-state index >= 15 is 0 Å². The summed E-state index contributed by atoms with van der Waals surface area (Å²) in [5.41, 5.74) is 3.89. The van der Waals surface area contributed by atoms with Crippen LogP contribution >= 0.6 is 0 Å². The number of anilines is 1. The molecule has 150 valence electrons. The number of rotatable bonds is 7. The van der Waals surface area contributed by atoms with Crippen molar-refractivity contribution in [3.8, 4) is 0 Å². The minimum atomic E-state index is -0.407. The number of aromatic nitrogens is 3. The fourth-order valence-corrected chi connectivity index (χ4v) is 3.17. The molecule has 0 radical (unpaired) electrons. The van der Waals surface area contributed by atoms with Crippen LogP contribution in [0.1, 0.15) is 28.4 Å². The summed E-state index contributed by atoms with van der Waals surface area (Å²) in [5, 5.41) is 8.59. The molecule has 0 fully saturated rings. The quantitative estimate of drug-likeness (QED) is 0.451. The summed E-state index contributed by atoms with van der Waals surface area (Å²) in [5.74, 6) is -0.407. The number of esters is 1. The number of pyridine rings is 1. The van der Waals surface area contributed by atoms with Crippen LogP contribution in [-0.2, 0) is 11.3 Å². The molecule has 0 saturated carbocycles. The summed E-state index contributed by atoms with van der Waals surface area (Å²) in [6, 6.07) is 20.0. The Bertz CT molecular complexity index is 1170. The number of ether oxygens (including phenoxy) is 1. The maximum atomic E-state index is 12.5. The van der Waals surface area contributed by atoms with Gasteiger partial charge >= 0.3 is 5.97 Å². The van der Waals surface area contributed by atoms with Crippen LogP contribution in [0.5, 0.6) is 0 Å². The summed E-state index contributed by atoms with van der Waals surface area (Å²) < 4.78 is 6.92. The molecule has 30 heavy (non-hydrogen) atoms. The molecule has 2 aromatic heterocycles. The maximum absolute atomic E-state index is 12.5. The van der Waals surface area contributed by atoms with Gasteiger partial charge in [-0.25, -0.2) is 14.5 Å². The molecule has 0 spiro atoms. The molecule has 0 aliphatic rings. The highest BCUT2D eigenvalue weighted by atomic mass is 16.5. The Hall–Kier alpha value is -3.93. The molecule has 0 amide bonds. The number of nitrogens with one attached hydrogen (secondary N) is 1. The molecular weight excluding hydrogens is 376 g/mol. The van der Waals surface area contributed by atoms with Crippen molar-refractivity contribution in [2.24, 2.45) is 0 Å². The lowest BCUT2D eigenvalue weighted by Crippen LogP contribution is -2.11. The zero-order valence-corrected chi connectivity index (χ0v) is 16.7. The van der Waals surface area contributed by atoms with Crippen LogP contribution in [0.15, 0.2) is 73.1 Å². The molecule has 1 N–H and O–H groups in total. The van der Waals surface area contributed by atoms with Gasteiger partial charge in [0.15, 0.2) is 5.65 Å². The molecule has 0 aliphatic heterocycles. The van der Waals surface area contributed by atoms with Crippen LogP contribution in [0.3, 0.4) is 0 Å². The maximum Gasteiger partial charge on any atom is 0.341 e. The lowest BCUT2D eigenvalue weighted by molar-refractivity contribution is 0.0527. The first-order chi connectivity index (χ1) is 14.8. The third kappa shape index (κ3) is 4.22. The Morgan fingerprint density at radius 2 is 1.80 bits per heavy atom. The largest absolute Gasteiger partial charge is 0.462 e. The predicted octanol–water partition coefficient (Wildman–Crippen LogP) is 4.85. The van der Waals surface area contributed by atoms with Crippen molar-refractivity contribution >= 4 is 35.0 Å². The zero-order valence-electron chi connectivity index (χ0n) is 16.7. The van der Waals surface area contributed by atoms with E-state index in [2.05, 4.69) is 15.4 Å². The predicted molar refractivity (Wildman–Crippen MR) is 119 cm³/mol. The Kier molecular flexibility index (Phi) is 5.85. The van der Waals surface area contributed by atoms with Gasteiger partial charge < -0.3 is 10.1 Å². The Morgan fingerprint density at radius 3 is 2.53 bits per heavy atom. The lowest BCUT2D eigenvalue weighted by Gasteiger charge is -2.12. The molecule has 2 heterocycles. The van der Waals surface area contributed by atoms with Gasteiger partial charge in [0.25, 0.3) is 0 Å². The normalized spacial score (nSPS) is 11.1. The average molecular weight is 398 g/mol. The van der Waals surface area contributed by atoms with Crippen LogP contribution in [0.2, 0.25) is 0 Å². The van der Waals surface area contributed by atoms with Crippen LogP contribution in [0, 0.1) is 0 Å². The highest BCUT2D eigenvalue weighted by molar-refractivity contribution is 6.04. The fraction of sp³-hybridized carbons (Fsp3) is 0.125. The van der Waals surface area contributed by atoms with Gasteiger partial charge in [-0.2, -0.15) is 5.10 Å². The van der Waals surface area contributed by atoms with Crippen LogP contribution in [0.25, 0.3) is 23.3 Å². The van der Waals surface area contributed by atoms with Gasteiger partial charge in [-0.3, -0.25) is 0 Å². The third-order valence-corrected chi connectivity index (χ3v) is 4.64. The van der Waals surface area contributed by atoms with Crippen molar-refractivity contribution in [1.29, 1.82) is 0 Å². The molecule has 0 aliphatic carbocycles. The number of benzene rings is 2. The Labute approximate surface area is 174 Å². The van der Waals surface area contributed by atoms with Gasteiger partial charge in [-0.1, -0.05) is 60.7 Å². The minimum Gasteiger partial charge on any atom is -0.462 e. The van der Waals surface area contributed by atoms with Crippen LogP contribution in [0.4, 0.5) is 5.69 Å². The van der Waals surface area contributed by atoms with Gasteiger partial charge in [0.2, 0.25) is 0 Å². The molecule has 4 rings (SSSR count). The van der Waals surface area contributed by atoms with Gasteiger partial charge in [0.05, 0.1) is 23.9 Å². The van der Waals surface area contributed by atoms with Crippen molar-refractivity contribution in [2.75, 3.05) is 11.9 Å². The number of carbonyl (C=O) groups excluding carboxylic acids is 1. The van der Waals surface area contributed by atoms with E-state index in [1.54, 1.807) is 24.0 Å². The molecule has 0 saturated heterocycles. The lowest BCUT2D eigenvalue weighted by atomic mass is 10.1. The molecule has 2 aromatic carbocycles. The van der Waals surface area contributed by atoms with Gasteiger partial charge in [0, 0.05) is 18.9 Å². The molecular formula is C24H22N4O2. The van der Waals surface area contributed by atoms with E-state index in [0.29, 0.717) is 30.0 Å². The molecule has 6 nitrogen and oxygen atoms in total. The van der Waals surface area contributed by atoms with Crippen LogP contribution < -0.4 is 5.32 Å². The van der Waals surface area contributed by atoms with E-state index < -0.39 is 5.97 Å². The molecule has 6 heteroatoms. The third-order valence-electron chi connectivity index (χ3n) is 4.64. The molecule has 0 bridgehead atoms. The number of nitrogens with zero attached hydrogens (tertiary/aromatic N) is 3. The van der Waals surface area contributed by atoms with Gasteiger partial charge in [-0.15, -0.1) is 0 Å². The smallest absolute Gasteiger partial charge is 0.341 e. The van der Waals surface area contributed by atoms with Crippen LogP contribution in [-0.4, -0.2) is 27.3 Å². The van der Waals surface area contributed by atoms with Crippen molar-refractivity contribution < 1.29 is 9.53 Å². The standard InChI is InChI=1S/C24H22N4O2/c1-2-30-24(29)21-16-26-23-20(22(21)25-15-19-11-7-4-8-12-19)17-27-28(23)14-13-18-9-5-3-6-10-18/h3-14,16-17H,2,15H2,1H3,(H,25,26)/b14-13+. The average Bonchev–Trinajstić information content (AvgIpc) is 3.21. The second kappa shape index (κ2) is 9.05.